The maximum atomic E-state index is 9.75. The van der Waals surface area contributed by atoms with Gasteiger partial charge in [-0.15, -0.1) is 6.58 Å². The van der Waals surface area contributed by atoms with Crippen LogP contribution in [0.15, 0.2) is 12.7 Å². The zero-order valence-electron chi connectivity index (χ0n) is 10.7. The van der Waals surface area contributed by atoms with Crippen molar-refractivity contribution in [3.63, 3.8) is 0 Å². The van der Waals surface area contributed by atoms with E-state index in [2.05, 4.69) is 13.5 Å². The summed E-state index contributed by atoms with van der Waals surface area (Å²) in [6.45, 7) is 5.78. The molecule has 0 aliphatic rings. The molecule has 22 heavy (non-hydrogen) atoms. The van der Waals surface area contributed by atoms with Crippen molar-refractivity contribution in [2.45, 2.75) is 26.2 Å². The van der Waals surface area contributed by atoms with E-state index < -0.39 is 21.8 Å². The topological polar surface area (TPSA) is 0 Å². The van der Waals surface area contributed by atoms with Gasteiger partial charge in [0.2, 0.25) is 0 Å². The minimum absolute atomic E-state index is 0. The van der Waals surface area contributed by atoms with E-state index in [1.165, 1.54) is 19.3 Å². The molecule has 0 bridgehead atoms. The second kappa shape index (κ2) is 18.1. The average Bonchev–Trinajstić information content (AvgIpc) is 2.06. The van der Waals surface area contributed by atoms with Crippen LogP contribution in [0, 0.1) is 0 Å². The second-order valence-electron chi connectivity index (χ2n) is 2.92. The Labute approximate surface area is 162 Å². The van der Waals surface area contributed by atoms with Crippen LogP contribution in [-0.4, -0.2) is 73.1 Å². The molecule has 134 valence electrons. The summed E-state index contributed by atoms with van der Waals surface area (Å²) >= 11 is 0. The van der Waals surface area contributed by atoms with E-state index >= 15 is 0 Å². The SMILES string of the molecule is C=CCCCC.F[B-](F)(F)F.F[B-](F)(F)F.F[B-](F)(F)F.[KH]. The van der Waals surface area contributed by atoms with Crippen molar-refractivity contribution in [1.82, 2.24) is 0 Å². The summed E-state index contributed by atoms with van der Waals surface area (Å²) in [6.07, 6.45) is 5.72. The Morgan fingerprint density at radius 3 is 0.909 bits per heavy atom. The summed E-state index contributed by atoms with van der Waals surface area (Å²) in [5.74, 6) is 0. The van der Waals surface area contributed by atoms with Crippen molar-refractivity contribution in [2.24, 2.45) is 0 Å². The van der Waals surface area contributed by atoms with E-state index in [-0.39, 0.29) is 51.4 Å². The van der Waals surface area contributed by atoms with Gasteiger partial charge in [-0.1, -0.05) is 25.8 Å². The fourth-order valence-corrected chi connectivity index (χ4v) is 0.348. The van der Waals surface area contributed by atoms with Gasteiger partial charge in [0.15, 0.2) is 0 Å². The summed E-state index contributed by atoms with van der Waals surface area (Å²) in [4.78, 5) is 0. The van der Waals surface area contributed by atoms with E-state index in [1.54, 1.807) is 0 Å². The van der Waals surface area contributed by atoms with Crippen molar-refractivity contribution in [3.8, 4) is 0 Å². The molecule has 0 saturated heterocycles. The van der Waals surface area contributed by atoms with Gasteiger partial charge in [-0.2, -0.15) is 0 Å². The van der Waals surface area contributed by atoms with E-state index in [4.69, 9.17) is 0 Å². The quantitative estimate of drug-likeness (QED) is 0.257. The first-order chi connectivity index (χ1) is 8.91. The summed E-state index contributed by atoms with van der Waals surface area (Å²) in [5, 5.41) is 0. The number of allylic oxidation sites excluding steroid dienone is 1. The monoisotopic (exact) mass is 385 g/mol. The molecule has 0 radical (unpaired) electrons. The van der Waals surface area contributed by atoms with Crippen molar-refractivity contribution >= 4 is 73.1 Å². The molecule has 0 aliphatic carbocycles. The molecule has 0 aromatic carbocycles. The Balaban J connectivity index is -0.0000000577. The summed E-state index contributed by atoms with van der Waals surface area (Å²) < 4.78 is 117. The maximum absolute atomic E-state index is 9.75. The van der Waals surface area contributed by atoms with Crippen LogP contribution in [0.4, 0.5) is 51.8 Å². The van der Waals surface area contributed by atoms with Gasteiger partial charge in [0.1, 0.15) is 0 Å². The first-order valence-corrected chi connectivity index (χ1v) is 5.14. The Kier molecular flexibility index (Phi) is 28.1. The fourth-order valence-electron chi connectivity index (χ4n) is 0.348. The molecule has 0 rings (SSSR count). The summed E-state index contributed by atoms with van der Waals surface area (Å²) in [7, 11) is -18.0. The molecule has 0 fully saturated rings. The molecule has 0 atom stereocenters. The van der Waals surface area contributed by atoms with E-state index in [9.17, 15) is 51.8 Å². The number of unbranched alkanes of at least 4 members (excludes halogenated alkanes) is 2. The third kappa shape index (κ3) is 580. The van der Waals surface area contributed by atoms with Crippen LogP contribution >= 0.6 is 0 Å². The van der Waals surface area contributed by atoms with Crippen LogP contribution in [0.1, 0.15) is 26.2 Å². The zero-order valence-corrected chi connectivity index (χ0v) is 10.7. The van der Waals surface area contributed by atoms with Gasteiger partial charge >= 0.3 is 73.1 Å². The number of hydrogen-bond acceptors (Lipinski definition) is 0. The molecule has 0 aromatic heterocycles. The molecule has 16 heteroatoms. The molecule has 0 heterocycles. The normalized spacial score (nSPS) is 10.4. The summed E-state index contributed by atoms with van der Waals surface area (Å²) in [6, 6.07) is 0. The first kappa shape index (κ1) is 34.1. The van der Waals surface area contributed by atoms with Crippen LogP contribution in [-0.2, 0) is 0 Å². The van der Waals surface area contributed by atoms with Crippen LogP contribution in [0.2, 0.25) is 0 Å². The van der Waals surface area contributed by atoms with Gasteiger partial charge in [0.05, 0.1) is 0 Å². The molecule has 0 unspecified atom stereocenters. The standard InChI is InChI=1S/C6H12.3BF4.K.H/c1-3-5-6-4-2;3*2-1(3,4)5;;/h3H,1,4-6H2,2H3;;;;;/q;3*-1;;. The van der Waals surface area contributed by atoms with Crippen molar-refractivity contribution in [1.29, 1.82) is 0 Å². The third-order valence-electron chi connectivity index (χ3n) is 0.762. The molecular formula is C6H13B3F12K-3. The Hall–Kier alpha value is 0.731. The van der Waals surface area contributed by atoms with E-state index in [0.29, 0.717) is 0 Å². The fraction of sp³-hybridized carbons (Fsp3) is 0.667. The Morgan fingerprint density at radius 1 is 0.682 bits per heavy atom. The van der Waals surface area contributed by atoms with Crippen molar-refractivity contribution in [3.05, 3.63) is 12.7 Å². The predicted molar refractivity (Wildman–Crippen MR) is 67.4 cm³/mol. The number of halogens is 12. The van der Waals surface area contributed by atoms with E-state index in [0.717, 1.165) is 0 Å². The third-order valence-corrected chi connectivity index (χ3v) is 0.762. The van der Waals surface area contributed by atoms with Gasteiger partial charge in [0.25, 0.3) is 0 Å². The van der Waals surface area contributed by atoms with Gasteiger partial charge in [-0.25, -0.2) is 0 Å². The average molecular weight is 385 g/mol. The molecular weight excluding hydrogens is 372 g/mol. The van der Waals surface area contributed by atoms with Crippen molar-refractivity contribution < 1.29 is 51.8 Å². The van der Waals surface area contributed by atoms with Crippen LogP contribution < -0.4 is 0 Å². The van der Waals surface area contributed by atoms with Crippen LogP contribution in [0.25, 0.3) is 0 Å². The first-order valence-electron chi connectivity index (χ1n) is 5.14. The number of rotatable bonds is 3. The molecule has 0 aliphatic heterocycles. The minimum atomic E-state index is -6.00. The van der Waals surface area contributed by atoms with E-state index in [1.807, 2.05) is 6.08 Å². The van der Waals surface area contributed by atoms with Gasteiger partial charge < -0.3 is 51.8 Å². The molecule has 0 N–H and O–H groups in total. The molecule has 0 aromatic rings. The number of hydrogen-bond donors (Lipinski definition) is 0. The molecule has 0 spiro atoms. The predicted octanol–water partition coefficient (Wildman–Crippen LogP) is 5.61. The van der Waals surface area contributed by atoms with Gasteiger partial charge in [-0.05, 0) is 6.42 Å². The van der Waals surface area contributed by atoms with Crippen LogP contribution in [0.3, 0.4) is 0 Å². The zero-order chi connectivity index (χ0) is 18.3. The summed E-state index contributed by atoms with van der Waals surface area (Å²) in [5.41, 5.74) is 0. The molecule has 0 amide bonds. The van der Waals surface area contributed by atoms with Gasteiger partial charge in [-0.3, -0.25) is 0 Å². The second-order valence-corrected chi connectivity index (χ2v) is 2.92. The Bertz CT molecular complexity index is 178. The van der Waals surface area contributed by atoms with Crippen LogP contribution in [0.5, 0.6) is 0 Å². The van der Waals surface area contributed by atoms with Gasteiger partial charge in [0, 0.05) is 0 Å². The molecule has 0 nitrogen and oxygen atoms in total. The molecule has 0 saturated carbocycles. The Morgan fingerprint density at radius 2 is 0.864 bits per heavy atom. The van der Waals surface area contributed by atoms with Crippen molar-refractivity contribution in [2.75, 3.05) is 0 Å².